The Morgan fingerprint density at radius 3 is 2.53 bits per heavy atom. The Bertz CT molecular complexity index is 557. The van der Waals surface area contributed by atoms with Crippen LogP contribution in [0.2, 0.25) is 0 Å². The molecule has 1 N–H and O–H groups in total. The normalized spacial score (nSPS) is 15.8. The molecule has 1 aliphatic heterocycles. The SMILES string of the molecule is Cc1nc(C)c(-c2ccc(N3CCNCC3)nn2)s1. The van der Waals surface area contributed by atoms with E-state index < -0.39 is 0 Å². The standard InChI is InChI=1S/C13H17N5S/c1-9-13(19-10(2)15-9)11-3-4-12(17-16-11)18-7-5-14-6-8-18/h3-4,14H,5-8H2,1-2H3. The summed E-state index contributed by atoms with van der Waals surface area (Å²) < 4.78 is 0. The van der Waals surface area contributed by atoms with Crippen molar-refractivity contribution in [2.75, 3.05) is 31.1 Å². The molecular weight excluding hydrogens is 258 g/mol. The van der Waals surface area contributed by atoms with Crippen molar-refractivity contribution in [3.63, 3.8) is 0 Å². The van der Waals surface area contributed by atoms with Gasteiger partial charge in [-0.2, -0.15) is 0 Å². The van der Waals surface area contributed by atoms with Crippen LogP contribution in [0.15, 0.2) is 12.1 Å². The Morgan fingerprint density at radius 1 is 1.16 bits per heavy atom. The van der Waals surface area contributed by atoms with E-state index in [1.54, 1.807) is 11.3 Å². The van der Waals surface area contributed by atoms with E-state index in [2.05, 4.69) is 31.5 Å². The van der Waals surface area contributed by atoms with Gasteiger partial charge in [-0.1, -0.05) is 0 Å². The van der Waals surface area contributed by atoms with Gasteiger partial charge in [0.25, 0.3) is 0 Å². The van der Waals surface area contributed by atoms with E-state index in [1.165, 1.54) is 0 Å². The molecule has 3 heterocycles. The number of rotatable bonds is 2. The Balaban J connectivity index is 1.84. The number of hydrogen-bond donors (Lipinski definition) is 1. The Morgan fingerprint density at radius 2 is 1.95 bits per heavy atom. The van der Waals surface area contributed by atoms with Gasteiger partial charge in [-0.3, -0.25) is 0 Å². The van der Waals surface area contributed by atoms with Crippen LogP contribution in [-0.4, -0.2) is 41.4 Å². The summed E-state index contributed by atoms with van der Waals surface area (Å²) >= 11 is 1.67. The van der Waals surface area contributed by atoms with Gasteiger partial charge < -0.3 is 10.2 Å². The van der Waals surface area contributed by atoms with Gasteiger partial charge >= 0.3 is 0 Å². The van der Waals surface area contributed by atoms with Gasteiger partial charge in [0, 0.05) is 26.2 Å². The molecule has 0 bridgehead atoms. The molecule has 100 valence electrons. The second-order valence-corrected chi connectivity index (χ2v) is 5.86. The van der Waals surface area contributed by atoms with Crippen molar-refractivity contribution in [1.82, 2.24) is 20.5 Å². The number of aromatic nitrogens is 3. The maximum Gasteiger partial charge on any atom is 0.151 e. The summed E-state index contributed by atoms with van der Waals surface area (Å²) in [5.74, 6) is 0.962. The molecule has 0 amide bonds. The highest BCUT2D eigenvalue weighted by molar-refractivity contribution is 7.15. The minimum Gasteiger partial charge on any atom is -0.353 e. The molecule has 5 nitrogen and oxygen atoms in total. The first-order valence-electron chi connectivity index (χ1n) is 6.48. The molecule has 1 saturated heterocycles. The Labute approximate surface area is 116 Å². The fourth-order valence-electron chi connectivity index (χ4n) is 2.28. The number of hydrogen-bond acceptors (Lipinski definition) is 6. The first-order chi connectivity index (χ1) is 9.24. The average molecular weight is 275 g/mol. The highest BCUT2D eigenvalue weighted by atomic mass is 32.1. The number of thiazole rings is 1. The monoisotopic (exact) mass is 275 g/mol. The molecule has 0 radical (unpaired) electrons. The van der Waals surface area contributed by atoms with Crippen LogP contribution in [-0.2, 0) is 0 Å². The van der Waals surface area contributed by atoms with Crippen molar-refractivity contribution in [3.05, 3.63) is 22.8 Å². The van der Waals surface area contributed by atoms with Crippen molar-refractivity contribution in [2.24, 2.45) is 0 Å². The summed E-state index contributed by atoms with van der Waals surface area (Å²) in [7, 11) is 0. The lowest BCUT2D eigenvalue weighted by atomic mass is 10.3. The molecule has 0 saturated carbocycles. The zero-order chi connectivity index (χ0) is 13.2. The molecule has 0 aromatic carbocycles. The van der Waals surface area contributed by atoms with Gasteiger partial charge in [-0.05, 0) is 26.0 Å². The largest absolute Gasteiger partial charge is 0.353 e. The second kappa shape index (κ2) is 5.22. The van der Waals surface area contributed by atoms with Crippen LogP contribution in [0, 0.1) is 13.8 Å². The minimum atomic E-state index is 0.919. The van der Waals surface area contributed by atoms with Crippen molar-refractivity contribution in [2.45, 2.75) is 13.8 Å². The smallest absolute Gasteiger partial charge is 0.151 e. The quantitative estimate of drug-likeness (QED) is 0.902. The summed E-state index contributed by atoms with van der Waals surface area (Å²) in [6.45, 7) is 8.04. The zero-order valence-electron chi connectivity index (χ0n) is 11.2. The number of piperazine rings is 1. The predicted octanol–water partition coefficient (Wildman–Crippen LogP) is 1.63. The van der Waals surface area contributed by atoms with Crippen molar-refractivity contribution in [3.8, 4) is 10.6 Å². The summed E-state index contributed by atoms with van der Waals surface area (Å²) in [4.78, 5) is 7.82. The summed E-state index contributed by atoms with van der Waals surface area (Å²) in [5.41, 5.74) is 1.95. The second-order valence-electron chi connectivity index (χ2n) is 4.66. The van der Waals surface area contributed by atoms with E-state index in [0.717, 1.165) is 53.3 Å². The first-order valence-corrected chi connectivity index (χ1v) is 7.29. The van der Waals surface area contributed by atoms with Crippen LogP contribution in [0.1, 0.15) is 10.7 Å². The third-order valence-corrected chi connectivity index (χ3v) is 4.32. The fraction of sp³-hybridized carbons (Fsp3) is 0.462. The molecule has 6 heteroatoms. The van der Waals surface area contributed by atoms with E-state index in [9.17, 15) is 0 Å². The van der Waals surface area contributed by atoms with Gasteiger partial charge in [0.1, 0.15) is 5.69 Å². The highest BCUT2D eigenvalue weighted by Crippen LogP contribution is 2.28. The third-order valence-electron chi connectivity index (χ3n) is 3.23. The first kappa shape index (κ1) is 12.5. The summed E-state index contributed by atoms with van der Waals surface area (Å²) in [5, 5.41) is 13.1. The van der Waals surface area contributed by atoms with Crippen LogP contribution in [0.4, 0.5) is 5.82 Å². The van der Waals surface area contributed by atoms with Crippen molar-refractivity contribution in [1.29, 1.82) is 0 Å². The molecule has 2 aromatic heterocycles. The lowest BCUT2D eigenvalue weighted by Gasteiger charge is -2.27. The highest BCUT2D eigenvalue weighted by Gasteiger charge is 2.14. The molecule has 19 heavy (non-hydrogen) atoms. The molecule has 3 rings (SSSR count). The van der Waals surface area contributed by atoms with Gasteiger partial charge in [0.15, 0.2) is 5.82 Å². The zero-order valence-corrected chi connectivity index (χ0v) is 12.0. The van der Waals surface area contributed by atoms with E-state index in [-0.39, 0.29) is 0 Å². The molecule has 0 atom stereocenters. The van der Waals surface area contributed by atoms with Crippen molar-refractivity contribution < 1.29 is 0 Å². The number of nitrogens with zero attached hydrogens (tertiary/aromatic N) is 4. The minimum absolute atomic E-state index is 0.919. The van der Waals surface area contributed by atoms with Gasteiger partial charge in [-0.25, -0.2) is 4.98 Å². The molecule has 2 aromatic rings. The van der Waals surface area contributed by atoms with Crippen LogP contribution in [0.25, 0.3) is 10.6 Å². The van der Waals surface area contributed by atoms with E-state index in [0.29, 0.717) is 0 Å². The maximum atomic E-state index is 4.43. The van der Waals surface area contributed by atoms with Gasteiger partial charge in [0.2, 0.25) is 0 Å². The summed E-state index contributed by atoms with van der Waals surface area (Å²) in [6.07, 6.45) is 0. The Kier molecular flexibility index (Phi) is 3.44. The lowest BCUT2D eigenvalue weighted by Crippen LogP contribution is -2.43. The van der Waals surface area contributed by atoms with Gasteiger partial charge in [-0.15, -0.1) is 21.5 Å². The van der Waals surface area contributed by atoms with E-state index >= 15 is 0 Å². The predicted molar refractivity (Wildman–Crippen MR) is 77.7 cm³/mol. The summed E-state index contributed by atoms with van der Waals surface area (Å²) in [6, 6.07) is 4.10. The van der Waals surface area contributed by atoms with Crippen molar-refractivity contribution >= 4 is 17.2 Å². The molecule has 0 spiro atoms. The van der Waals surface area contributed by atoms with E-state index in [4.69, 9.17) is 0 Å². The number of nitrogens with one attached hydrogen (secondary N) is 1. The molecule has 0 aliphatic carbocycles. The van der Waals surface area contributed by atoms with Gasteiger partial charge in [0.05, 0.1) is 15.6 Å². The number of anilines is 1. The average Bonchev–Trinajstić information content (AvgIpc) is 2.79. The molecule has 1 aliphatic rings. The Hall–Kier alpha value is -1.53. The van der Waals surface area contributed by atoms with Crippen LogP contribution >= 0.6 is 11.3 Å². The third kappa shape index (κ3) is 2.59. The maximum absolute atomic E-state index is 4.43. The number of aryl methyl sites for hydroxylation is 2. The van der Waals surface area contributed by atoms with Crippen LogP contribution in [0.3, 0.4) is 0 Å². The topological polar surface area (TPSA) is 53.9 Å². The fourth-order valence-corrected chi connectivity index (χ4v) is 3.16. The molecule has 0 unspecified atom stereocenters. The van der Waals surface area contributed by atoms with Crippen LogP contribution < -0.4 is 10.2 Å². The van der Waals surface area contributed by atoms with E-state index in [1.807, 2.05) is 19.9 Å². The molecule has 1 fully saturated rings. The lowest BCUT2D eigenvalue weighted by molar-refractivity contribution is 0.583. The molecular formula is C13H17N5S. The van der Waals surface area contributed by atoms with Crippen LogP contribution in [0.5, 0.6) is 0 Å².